The van der Waals surface area contributed by atoms with Crippen LogP contribution in [0.3, 0.4) is 0 Å². The largest absolute Gasteiger partial charge is 0.480 e. The van der Waals surface area contributed by atoms with Crippen molar-refractivity contribution in [2.75, 3.05) is 13.4 Å². The van der Waals surface area contributed by atoms with Crippen molar-refractivity contribution in [3.05, 3.63) is 34.9 Å². The van der Waals surface area contributed by atoms with Crippen LogP contribution in [0.4, 0.5) is 0 Å². The first-order chi connectivity index (χ1) is 8.72. The molecule has 0 amide bonds. The van der Waals surface area contributed by atoms with Gasteiger partial charge in [-0.2, -0.15) is 4.98 Å². The van der Waals surface area contributed by atoms with Gasteiger partial charge in [0.05, 0.1) is 17.8 Å². The number of nitrogens with zero attached hydrogens (tertiary/aromatic N) is 2. The minimum Gasteiger partial charge on any atom is -0.480 e. The Balaban J connectivity index is 2.17. The summed E-state index contributed by atoms with van der Waals surface area (Å²) in [5.74, 6) is 1.14. The number of rotatable bonds is 4. The van der Waals surface area contributed by atoms with Gasteiger partial charge in [0.2, 0.25) is 5.88 Å². The third-order valence-electron chi connectivity index (χ3n) is 2.15. The van der Waals surface area contributed by atoms with E-state index >= 15 is 0 Å². The molecule has 0 spiro atoms. The monoisotopic (exact) mass is 326 g/mol. The van der Waals surface area contributed by atoms with Gasteiger partial charge in [0, 0.05) is 4.90 Å². The summed E-state index contributed by atoms with van der Waals surface area (Å²) in [6.07, 6.45) is 3.62. The van der Waals surface area contributed by atoms with Gasteiger partial charge in [0.15, 0.2) is 0 Å². The molecule has 0 aliphatic carbocycles. The maximum atomic E-state index is 5.54. The molecule has 1 aromatic carbocycles. The number of halogens is 1. The molecular formula is C12H11BrN2O2S. The van der Waals surface area contributed by atoms with Crippen molar-refractivity contribution in [3.63, 3.8) is 0 Å². The van der Waals surface area contributed by atoms with Crippen LogP contribution in [-0.4, -0.2) is 23.3 Å². The number of hydrogen-bond donors (Lipinski definition) is 0. The van der Waals surface area contributed by atoms with Crippen molar-refractivity contribution in [1.29, 1.82) is 0 Å². The second-order valence-corrected chi connectivity index (χ2v) is 5.02. The first kappa shape index (κ1) is 13.2. The van der Waals surface area contributed by atoms with Crippen molar-refractivity contribution in [1.82, 2.24) is 9.97 Å². The Bertz CT molecular complexity index is 534. The molecule has 0 aliphatic rings. The molecule has 1 aromatic heterocycles. The molecule has 1 heterocycles. The molecule has 0 unspecified atom stereocenters. The van der Waals surface area contributed by atoms with E-state index in [1.807, 2.05) is 30.5 Å². The SMILES string of the molecule is COc1nc(Oc2ccc(SC)cc2)ncc1Br. The predicted octanol–water partition coefficient (Wildman–Crippen LogP) is 3.76. The quantitative estimate of drug-likeness (QED) is 0.800. The highest BCUT2D eigenvalue weighted by Crippen LogP contribution is 2.26. The highest BCUT2D eigenvalue weighted by atomic mass is 79.9. The van der Waals surface area contributed by atoms with Gasteiger partial charge >= 0.3 is 6.01 Å². The number of benzene rings is 1. The van der Waals surface area contributed by atoms with Crippen molar-refractivity contribution in [3.8, 4) is 17.6 Å². The van der Waals surface area contributed by atoms with E-state index in [9.17, 15) is 0 Å². The van der Waals surface area contributed by atoms with Gasteiger partial charge in [0.1, 0.15) is 5.75 Å². The summed E-state index contributed by atoms with van der Waals surface area (Å²) in [6.45, 7) is 0. The zero-order chi connectivity index (χ0) is 13.0. The second kappa shape index (κ2) is 6.06. The van der Waals surface area contributed by atoms with Crippen LogP contribution in [-0.2, 0) is 0 Å². The number of ether oxygens (including phenoxy) is 2. The molecule has 2 aromatic rings. The van der Waals surface area contributed by atoms with Crippen LogP contribution in [0.1, 0.15) is 0 Å². The molecule has 0 radical (unpaired) electrons. The van der Waals surface area contributed by atoms with E-state index in [0.717, 1.165) is 0 Å². The van der Waals surface area contributed by atoms with Gasteiger partial charge in [-0.05, 0) is 46.5 Å². The van der Waals surface area contributed by atoms with Gasteiger partial charge in [-0.25, -0.2) is 4.98 Å². The van der Waals surface area contributed by atoms with Gasteiger partial charge < -0.3 is 9.47 Å². The molecule has 0 aliphatic heterocycles. The fraction of sp³-hybridized carbons (Fsp3) is 0.167. The Morgan fingerprint density at radius 2 is 1.94 bits per heavy atom. The lowest BCUT2D eigenvalue weighted by Gasteiger charge is -2.06. The molecule has 0 saturated carbocycles. The lowest BCUT2D eigenvalue weighted by molar-refractivity contribution is 0.373. The summed E-state index contributed by atoms with van der Waals surface area (Å²) in [4.78, 5) is 9.36. The summed E-state index contributed by atoms with van der Waals surface area (Å²) < 4.78 is 11.3. The van der Waals surface area contributed by atoms with E-state index in [2.05, 4.69) is 25.9 Å². The van der Waals surface area contributed by atoms with Gasteiger partial charge in [-0.1, -0.05) is 0 Å². The Hall–Kier alpha value is -1.27. The molecule has 0 fully saturated rings. The van der Waals surface area contributed by atoms with Crippen LogP contribution in [0.15, 0.2) is 39.8 Å². The van der Waals surface area contributed by atoms with Gasteiger partial charge in [0.25, 0.3) is 0 Å². The summed E-state index contributed by atoms with van der Waals surface area (Å²) in [7, 11) is 1.55. The Labute approximate surface area is 118 Å². The predicted molar refractivity (Wildman–Crippen MR) is 74.6 cm³/mol. The molecule has 2 rings (SSSR count). The topological polar surface area (TPSA) is 44.2 Å². The van der Waals surface area contributed by atoms with Crippen molar-refractivity contribution >= 4 is 27.7 Å². The van der Waals surface area contributed by atoms with Crippen molar-refractivity contribution in [2.45, 2.75) is 4.90 Å². The molecule has 0 atom stereocenters. The first-order valence-electron chi connectivity index (χ1n) is 5.11. The molecule has 18 heavy (non-hydrogen) atoms. The summed E-state index contributed by atoms with van der Waals surface area (Å²) in [6, 6.07) is 7.98. The fourth-order valence-electron chi connectivity index (χ4n) is 1.28. The third-order valence-corrected chi connectivity index (χ3v) is 3.44. The Morgan fingerprint density at radius 1 is 1.22 bits per heavy atom. The number of thioether (sulfide) groups is 1. The summed E-state index contributed by atoms with van der Waals surface area (Å²) >= 11 is 4.97. The van der Waals surface area contributed by atoms with Gasteiger partial charge in [-0.3, -0.25) is 0 Å². The molecule has 4 nitrogen and oxygen atoms in total. The molecule has 0 N–H and O–H groups in total. The van der Waals surface area contributed by atoms with Crippen molar-refractivity contribution in [2.24, 2.45) is 0 Å². The fourth-order valence-corrected chi connectivity index (χ4v) is 2.04. The Kier molecular flexibility index (Phi) is 4.43. The molecule has 6 heteroatoms. The minimum absolute atomic E-state index is 0.256. The maximum absolute atomic E-state index is 5.54. The van der Waals surface area contributed by atoms with E-state index in [-0.39, 0.29) is 6.01 Å². The van der Waals surface area contributed by atoms with Crippen LogP contribution in [0.25, 0.3) is 0 Å². The average molecular weight is 327 g/mol. The zero-order valence-corrected chi connectivity index (χ0v) is 12.3. The average Bonchev–Trinajstić information content (AvgIpc) is 2.42. The smallest absolute Gasteiger partial charge is 0.325 e. The summed E-state index contributed by atoms with van der Waals surface area (Å²) in [5.41, 5.74) is 0. The molecule has 0 saturated heterocycles. The normalized spacial score (nSPS) is 10.2. The lowest BCUT2D eigenvalue weighted by Crippen LogP contribution is -1.95. The second-order valence-electron chi connectivity index (χ2n) is 3.29. The third kappa shape index (κ3) is 3.14. The standard InChI is InChI=1S/C12H11BrN2O2S/c1-16-11-10(13)7-14-12(15-11)17-8-3-5-9(18-2)6-4-8/h3-7H,1-2H3. The zero-order valence-electron chi connectivity index (χ0n) is 9.88. The highest BCUT2D eigenvalue weighted by Gasteiger charge is 2.06. The van der Waals surface area contributed by atoms with E-state index in [0.29, 0.717) is 16.1 Å². The maximum Gasteiger partial charge on any atom is 0.325 e. The van der Waals surface area contributed by atoms with Crippen LogP contribution in [0.2, 0.25) is 0 Å². The summed E-state index contributed by atoms with van der Waals surface area (Å²) in [5, 5.41) is 0. The van der Waals surface area contributed by atoms with Crippen molar-refractivity contribution < 1.29 is 9.47 Å². The van der Waals surface area contributed by atoms with Crippen LogP contribution >= 0.6 is 27.7 Å². The minimum atomic E-state index is 0.256. The molecule has 94 valence electrons. The number of aromatic nitrogens is 2. The Morgan fingerprint density at radius 3 is 2.56 bits per heavy atom. The van der Waals surface area contributed by atoms with Crippen LogP contribution < -0.4 is 9.47 Å². The molecule has 0 bridgehead atoms. The van der Waals surface area contributed by atoms with Crippen LogP contribution in [0.5, 0.6) is 17.6 Å². The first-order valence-corrected chi connectivity index (χ1v) is 7.13. The molecular weight excluding hydrogens is 316 g/mol. The van der Waals surface area contributed by atoms with Crippen LogP contribution in [0, 0.1) is 0 Å². The van der Waals surface area contributed by atoms with E-state index in [1.54, 1.807) is 25.1 Å². The van der Waals surface area contributed by atoms with E-state index in [4.69, 9.17) is 9.47 Å². The number of methoxy groups -OCH3 is 1. The van der Waals surface area contributed by atoms with Gasteiger partial charge in [-0.15, -0.1) is 11.8 Å². The van der Waals surface area contributed by atoms with E-state index < -0.39 is 0 Å². The highest BCUT2D eigenvalue weighted by molar-refractivity contribution is 9.10. The lowest BCUT2D eigenvalue weighted by atomic mass is 10.3. The van der Waals surface area contributed by atoms with E-state index in [1.165, 1.54) is 4.90 Å². The number of hydrogen-bond acceptors (Lipinski definition) is 5.